The molecule has 1 heterocycles. The van der Waals surface area contributed by atoms with Crippen LogP contribution in [0.1, 0.15) is 5.82 Å². The van der Waals surface area contributed by atoms with Crippen LogP contribution in [0.15, 0.2) is 57.9 Å². The molecule has 0 aliphatic rings. The van der Waals surface area contributed by atoms with Crippen molar-refractivity contribution in [2.45, 2.75) is 10.6 Å². The van der Waals surface area contributed by atoms with Crippen molar-refractivity contribution in [3.05, 3.63) is 60.2 Å². The third-order valence-electron chi connectivity index (χ3n) is 2.76. The van der Waals surface area contributed by atoms with Gasteiger partial charge in [-0.25, -0.2) is 4.39 Å². The Morgan fingerprint density at radius 2 is 1.95 bits per heavy atom. The van der Waals surface area contributed by atoms with Gasteiger partial charge in [-0.3, -0.25) is 0 Å². The van der Waals surface area contributed by atoms with Gasteiger partial charge < -0.3 is 9.63 Å². The molecule has 6 heteroatoms. The lowest BCUT2D eigenvalue weighted by molar-refractivity contribution is 0.422. The first-order chi connectivity index (χ1) is 10.2. The van der Waals surface area contributed by atoms with Crippen LogP contribution in [-0.2, 0) is 5.75 Å². The van der Waals surface area contributed by atoms with Crippen LogP contribution in [0.4, 0.5) is 4.39 Å². The highest BCUT2D eigenvalue weighted by Gasteiger charge is 2.13. The molecule has 2 aromatic carbocycles. The van der Waals surface area contributed by atoms with Crippen LogP contribution in [-0.4, -0.2) is 15.2 Å². The molecule has 0 fully saturated rings. The number of hydrogen-bond acceptors (Lipinski definition) is 5. The topological polar surface area (TPSA) is 59.2 Å². The lowest BCUT2D eigenvalue weighted by atomic mass is 10.2. The first-order valence-corrected chi connectivity index (χ1v) is 7.20. The van der Waals surface area contributed by atoms with E-state index in [9.17, 15) is 9.50 Å². The number of hydrogen-bond donors (Lipinski definition) is 1. The number of rotatable bonds is 4. The van der Waals surface area contributed by atoms with Crippen LogP contribution in [0.2, 0.25) is 0 Å². The Labute approximate surface area is 124 Å². The van der Waals surface area contributed by atoms with Crippen molar-refractivity contribution < 1.29 is 14.0 Å². The van der Waals surface area contributed by atoms with Gasteiger partial charge in [-0.15, -0.1) is 11.8 Å². The molecule has 0 unspecified atom stereocenters. The molecule has 0 aliphatic heterocycles. The van der Waals surface area contributed by atoms with Crippen molar-refractivity contribution in [3.63, 3.8) is 0 Å². The number of aromatic nitrogens is 2. The van der Waals surface area contributed by atoms with Crippen LogP contribution in [0.5, 0.6) is 5.75 Å². The molecule has 0 amide bonds. The average Bonchev–Trinajstić information content (AvgIpc) is 2.95. The van der Waals surface area contributed by atoms with E-state index in [1.54, 1.807) is 11.8 Å². The van der Waals surface area contributed by atoms with E-state index in [0.717, 1.165) is 11.0 Å². The molecule has 0 aliphatic carbocycles. The number of phenolic OH excluding ortho intramolecular Hbond substituents is 1. The van der Waals surface area contributed by atoms with Gasteiger partial charge in [0.15, 0.2) is 5.82 Å². The molecular weight excluding hydrogens is 291 g/mol. The molecule has 0 saturated carbocycles. The zero-order chi connectivity index (χ0) is 14.7. The monoisotopic (exact) mass is 302 g/mol. The normalized spacial score (nSPS) is 10.7. The third-order valence-corrected chi connectivity index (χ3v) is 3.77. The van der Waals surface area contributed by atoms with Crippen LogP contribution in [0, 0.1) is 5.82 Å². The number of thioether (sulfide) groups is 1. The van der Waals surface area contributed by atoms with Crippen LogP contribution >= 0.6 is 11.8 Å². The quantitative estimate of drug-likeness (QED) is 0.741. The third kappa shape index (κ3) is 3.22. The molecule has 1 N–H and O–H groups in total. The number of aromatic hydroxyl groups is 1. The van der Waals surface area contributed by atoms with Crippen molar-refractivity contribution in [1.82, 2.24) is 10.1 Å². The predicted octanol–water partition coefficient (Wildman–Crippen LogP) is 3.87. The summed E-state index contributed by atoms with van der Waals surface area (Å²) in [5.41, 5.74) is 0.177. The maximum Gasteiger partial charge on any atom is 0.260 e. The van der Waals surface area contributed by atoms with Gasteiger partial charge in [-0.1, -0.05) is 23.4 Å². The van der Waals surface area contributed by atoms with Gasteiger partial charge in [0, 0.05) is 11.0 Å². The van der Waals surface area contributed by atoms with Crippen molar-refractivity contribution in [1.29, 1.82) is 0 Å². The van der Waals surface area contributed by atoms with E-state index in [1.807, 2.05) is 30.3 Å². The summed E-state index contributed by atoms with van der Waals surface area (Å²) in [6.07, 6.45) is 0. The lowest BCUT2D eigenvalue weighted by Gasteiger charge is -1.97. The van der Waals surface area contributed by atoms with Crippen molar-refractivity contribution in [2.24, 2.45) is 0 Å². The summed E-state index contributed by atoms with van der Waals surface area (Å²) < 4.78 is 18.8. The van der Waals surface area contributed by atoms with Crippen LogP contribution in [0.3, 0.4) is 0 Å². The lowest BCUT2D eigenvalue weighted by Crippen LogP contribution is -1.86. The Kier molecular flexibility index (Phi) is 3.87. The van der Waals surface area contributed by atoms with Gasteiger partial charge in [0.1, 0.15) is 11.6 Å². The van der Waals surface area contributed by atoms with Crippen LogP contribution < -0.4 is 0 Å². The van der Waals surface area contributed by atoms with Gasteiger partial charge in [0.2, 0.25) is 0 Å². The summed E-state index contributed by atoms with van der Waals surface area (Å²) >= 11 is 1.57. The van der Waals surface area contributed by atoms with E-state index in [4.69, 9.17) is 4.52 Å². The second-order valence-electron chi connectivity index (χ2n) is 4.28. The van der Waals surface area contributed by atoms with E-state index in [2.05, 4.69) is 10.1 Å². The van der Waals surface area contributed by atoms with Gasteiger partial charge in [0.05, 0.1) is 11.3 Å². The summed E-state index contributed by atoms with van der Waals surface area (Å²) in [6, 6.07) is 13.6. The molecule has 0 atom stereocenters. The first kappa shape index (κ1) is 13.6. The van der Waals surface area contributed by atoms with E-state index in [0.29, 0.717) is 11.6 Å². The van der Waals surface area contributed by atoms with Crippen molar-refractivity contribution in [3.8, 4) is 17.2 Å². The Morgan fingerprint density at radius 1 is 1.14 bits per heavy atom. The first-order valence-electron chi connectivity index (χ1n) is 6.22. The Hall–Kier alpha value is -2.34. The van der Waals surface area contributed by atoms with E-state index in [-0.39, 0.29) is 17.2 Å². The number of phenols is 1. The fourth-order valence-corrected chi connectivity index (χ4v) is 2.53. The maximum absolute atomic E-state index is 13.7. The van der Waals surface area contributed by atoms with Gasteiger partial charge in [-0.2, -0.15) is 4.98 Å². The Balaban J connectivity index is 1.74. The summed E-state index contributed by atoms with van der Waals surface area (Å²) in [5.74, 6) is 0.395. The SMILES string of the molecule is Oc1ccc(-c2nc(CSc3ccccc3)no2)c(F)c1. The minimum absolute atomic E-state index is 0.108. The summed E-state index contributed by atoms with van der Waals surface area (Å²) in [4.78, 5) is 5.26. The predicted molar refractivity (Wildman–Crippen MR) is 77.4 cm³/mol. The molecule has 3 rings (SSSR count). The maximum atomic E-state index is 13.7. The Bertz CT molecular complexity index is 746. The van der Waals surface area contributed by atoms with Gasteiger partial charge in [0.25, 0.3) is 5.89 Å². The molecule has 0 saturated heterocycles. The average molecular weight is 302 g/mol. The second kappa shape index (κ2) is 5.97. The molecule has 0 spiro atoms. The highest BCUT2D eigenvalue weighted by Crippen LogP contribution is 2.26. The van der Waals surface area contributed by atoms with Gasteiger partial charge in [-0.05, 0) is 24.3 Å². The molecule has 0 radical (unpaired) electrons. The molecule has 3 aromatic rings. The van der Waals surface area contributed by atoms with E-state index < -0.39 is 5.82 Å². The molecule has 0 bridgehead atoms. The highest BCUT2D eigenvalue weighted by atomic mass is 32.2. The van der Waals surface area contributed by atoms with Gasteiger partial charge >= 0.3 is 0 Å². The standard InChI is InChI=1S/C15H11FN2O2S/c16-13-8-10(19)6-7-12(13)15-17-14(18-20-15)9-21-11-4-2-1-3-5-11/h1-8,19H,9H2. The second-order valence-corrected chi connectivity index (χ2v) is 5.33. The summed E-state index contributed by atoms with van der Waals surface area (Å²) in [7, 11) is 0. The van der Waals surface area contributed by atoms with E-state index in [1.165, 1.54) is 12.1 Å². The zero-order valence-corrected chi connectivity index (χ0v) is 11.7. The van der Waals surface area contributed by atoms with Crippen molar-refractivity contribution >= 4 is 11.8 Å². The number of nitrogens with zero attached hydrogens (tertiary/aromatic N) is 2. The van der Waals surface area contributed by atoms with Crippen molar-refractivity contribution in [2.75, 3.05) is 0 Å². The fraction of sp³-hybridized carbons (Fsp3) is 0.0667. The smallest absolute Gasteiger partial charge is 0.260 e. The summed E-state index contributed by atoms with van der Waals surface area (Å²) in [5, 5.41) is 13.0. The zero-order valence-electron chi connectivity index (χ0n) is 10.9. The molecular formula is C15H11FN2O2S. The number of benzene rings is 2. The van der Waals surface area contributed by atoms with E-state index >= 15 is 0 Å². The molecule has 106 valence electrons. The molecule has 21 heavy (non-hydrogen) atoms. The largest absolute Gasteiger partial charge is 0.508 e. The number of halogens is 1. The fourth-order valence-electron chi connectivity index (χ4n) is 1.76. The summed E-state index contributed by atoms with van der Waals surface area (Å²) in [6.45, 7) is 0. The highest BCUT2D eigenvalue weighted by molar-refractivity contribution is 7.98. The molecule has 4 nitrogen and oxygen atoms in total. The minimum Gasteiger partial charge on any atom is -0.508 e. The minimum atomic E-state index is -0.596. The Morgan fingerprint density at radius 3 is 2.71 bits per heavy atom. The van der Waals surface area contributed by atoms with Crippen LogP contribution in [0.25, 0.3) is 11.5 Å². The molecule has 1 aromatic heterocycles.